The molecular formula is C18H22N4O. The number of hydrogen-bond donors (Lipinski definition) is 1. The highest BCUT2D eigenvalue weighted by atomic mass is 16.2. The maximum Gasteiger partial charge on any atom is 0.222 e. The van der Waals surface area contributed by atoms with Crippen LogP contribution in [-0.4, -0.2) is 32.6 Å². The van der Waals surface area contributed by atoms with Crippen LogP contribution in [0.3, 0.4) is 0 Å². The molecule has 0 aliphatic rings. The van der Waals surface area contributed by atoms with Gasteiger partial charge in [-0.05, 0) is 30.5 Å². The van der Waals surface area contributed by atoms with Crippen LogP contribution in [0.5, 0.6) is 0 Å². The summed E-state index contributed by atoms with van der Waals surface area (Å²) in [6.45, 7) is 0.600. The van der Waals surface area contributed by atoms with Gasteiger partial charge in [-0.15, -0.1) is 0 Å². The number of nitrogens with one attached hydrogen (secondary N) is 1. The quantitative estimate of drug-likeness (QED) is 0.761. The third kappa shape index (κ3) is 3.44. The van der Waals surface area contributed by atoms with Gasteiger partial charge >= 0.3 is 0 Å². The van der Waals surface area contributed by atoms with Crippen molar-refractivity contribution < 1.29 is 4.79 Å². The number of carbonyl (C=O) groups excluding carboxylic acids is 1. The average Bonchev–Trinajstić information content (AvgIpc) is 3.14. The summed E-state index contributed by atoms with van der Waals surface area (Å²) in [6, 6.07) is 10.2. The largest absolute Gasteiger partial charge is 0.361 e. The SMILES string of the molecule is CN(Cc1ccnn1C)C(=O)CCCc1c[nH]c2ccccc12. The maximum absolute atomic E-state index is 12.3. The highest BCUT2D eigenvalue weighted by molar-refractivity contribution is 5.83. The van der Waals surface area contributed by atoms with E-state index in [9.17, 15) is 4.79 Å². The number of para-hydroxylation sites is 1. The van der Waals surface area contributed by atoms with Crippen molar-refractivity contribution in [2.45, 2.75) is 25.8 Å². The van der Waals surface area contributed by atoms with Gasteiger partial charge in [-0.1, -0.05) is 18.2 Å². The molecule has 0 aliphatic heterocycles. The molecule has 23 heavy (non-hydrogen) atoms. The summed E-state index contributed by atoms with van der Waals surface area (Å²) in [5.74, 6) is 0.172. The number of aromatic nitrogens is 3. The lowest BCUT2D eigenvalue weighted by Gasteiger charge is -2.17. The second-order valence-corrected chi connectivity index (χ2v) is 5.91. The summed E-state index contributed by atoms with van der Waals surface area (Å²) in [6.07, 6.45) is 6.14. The molecule has 1 amide bonds. The van der Waals surface area contributed by atoms with Crippen LogP contribution in [0.25, 0.3) is 10.9 Å². The van der Waals surface area contributed by atoms with E-state index in [0.717, 1.165) is 24.1 Å². The van der Waals surface area contributed by atoms with E-state index in [2.05, 4.69) is 28.4 Å². The van der Waals surface area contributed by atoms with Crippen molar-refractivity contribution in [2.24, 2.45) is 7.05 Å². The molecule has 2 heterocycles. The first-order chi connectivity index (χ1) is 11.1. The van der Waals surface area contributed by atoms with Gasteiger partial charge in [0.05, 0.1) is 12.2 Å². The van der Waals surface area contributed by atoms with Crippen LogP contribution in [0, 0.1) is 0 Å². The first-order valence-electron chi connectivity index (χ1n) is 7.91. The third-order valence-corrected chi connectivity index (χ3v) is 4.26. The van der Waals surface area contributed by atoms with Gasteiger partial charge in [0, 0.05) is 43.8 Å². The minimum atomic E-state index is 0.172. The van der Waals surface area contributed by atoms with Crippen molar-refractivity contribution in [3.63, 3.8) is 0 Å². The van der Waals surface area contributed by atoms with Crippen LogP contribution >= 0.6 is 0 Å². The van der Waals surface area contributed by atoms with Crippen LogP contribution in [0.1, 0.15) is 24.1 Å². The van der Waals surface area contributed by atoms with Gasteiger partial charge in [0.2, 0.25) is 5.91 Å². The molecule has 1 aromatic carbocycles. The van der Waals surface area contributed by atoms with E-state index in [1.54, 1.807) is 15.8 Å². The Morgan fingerprint density at radius 3 is 2.91 bits per heavy atom. The lowest BCUT2D eigenvalue weighted by atomic mass is 10.1. The van der Waals surface area contributed by atoms with Crippen molar-refractivity contribution in [3.05, 3.63) is 54.0 Å². The summed E-state index contributed by atoms with van der Waals surface area (Å²) >= 11 is 0. The third-order valence-electron chi connectivity index (χ3n) is 4.26. The average molecular weight is 310 g/mol. The van der Waals surface area contributed by atoms with Gasteiger partial charge in [-0.2, -0.15) is 5.10 Å². The van der Waals surface area contributed by atoms with Crippen LogP contribution < -0.4 is 0 Å². The molecule has 0 unspecified atom stereocenters. The molecule has 0 spiro atoms. The monoisotopic (exact) mass is 310 g/mol. The van der Waals surface area contributed by atoms with Gasteiger partial charge in [-0.25, -0.2) is 0 Å². The predicted molar refractivity (Wildman–Crippen MR) is 90.9 cm³/mol. The highest BCUT2D eigenvalue weighted by Crippen LogP contribution is 2.19. The normalized spacial score (nSPS) is 11.0. The predicted octanol–water partition coefficient (Wildman–Crippen LogP) is 2.88. The molecule has 0 bridgehead atoms. The van der Waals surface area contributed by atoms with E-state index in [1.165, 1.54) is 10.9 Å². The molecule has 2 aromatic heterocycles. The first kappa shape index (κ1) is 15.3. The van der Waals surface area contributed by atoms with Crippen molar-refractivity contribution >= 4 is 16.8 Å². The van der Waals surface area contributed by atoms with Crippen molar-refractivity contribution in [1.82, 2.24) is 19.7 Å². The number of rotatable bonds is 6. The molecule has 1 N–H and O–H groups in total. The molecule has 3 aromatic rings. The van der Waals surface area contributed by atoms with Gasteiger partial charge in [0.1, 0.15) is 0 Å². The molecule has 120 valence electrons. The summed E-state index contributed by atoms with van der Waals surface area (Å²) in [4.78, 5) is 17.3. The minimum Gasteiger partial charge on any atom is -0.361 e. The molecule has 0 saturated carbocycles. The zero-order chi connectivity index (χ0) is 16.2. The Morgan fingerprint density at radius 2 is 2.13 bits per heavy atom. The van der Waals surface area contributed by atoms with Gasteiger partial charge in [0.15, 0.2) is 0 Å². The van der Waals surface area contributed by atoms with E-state index in [1.807, 2.05) is 32.3 Å². The number of hydrogen-bond acceptors (Lipinski definition) is 2. The Labute approximate surface area is 135 Å². The lowest BCUT2D eigenvalue weighted by molar-refractivity contribution is -0.130. The van der Waals surface area contributed by atoms with Crippen molar-refractivity contribution in [3.8, 4) is 0 Å². The fourth-order valence-electron chi connectivity index (χ4n) is 2.85. The van der Waals surface area contributed by atoms with Crippen LogP contribution in [0.15, 0.2) is 42.7 Å². The fourth-order valence-corrected chi connectivity index (χ4v) is 2.85. The summed E-state index contributed by atoms with van der Waals surface area (Å²) < 4.78 is 1.80. The Morgan fingerprint density at radius 1 is 1.30 bits per heavy atom. The number of fused-ring (bicyclic) bond motifs is 1. The number of aryl methyl sites for hydroxylation is 2. The number of amides is 1. The number of aromatic amines is 1. The Bertz CT molecular complexity index is 802. The van der Waals surface area contributed by atoms with Crippen molar-refractivity contribution in [2.75, 3.05) is 7.05 Å². The summed E-state index contributed by atoms with van der Waals surface area (Å²) in [7, 11) is 3.74. The molecule has 3 rings (SSSR count). The molecule has 0 radical (unpaired) electrons. The van der Waals surface area contributed by atoms with E-state index in [0.29, 0.717) is 13.0 Å². The smallest absolute Gasteiger partial charge is 0.222 e. The minimum absolute atomic E-state index is 0.172. The second-order valence-electron chi connectivity index (χ2n) is 5.91. The van der Waals surface area contributed by atoms with Gasteiger partial charge < -0.3 is 9.88 Å². The Balaban J connectivity index is 1.52. The Hall–Kier alpha value is -2.56. The topological polar surface area (TPSA) is 53.9 Å². The standard InChI is InChI=1S/C18H22N4O/c1-21(13-15-10-11-20-22(15)2)18(23)9-5-6-14-12-19-17-8-4-3-7-16(14)17/h3-4,7-8,10-12,19H,5-6,9,13H2,1-2H3. The second kappa shape index (κ2) is 6.69. The Kier molecular flexibility index (Phi) is 4.46. The van der Waals surface area contributed by atoms with E-state index in [4.69, 9.17) is 0 Å². The van der Waals surface area contributed by atoms with Crippen molar-refractivity contribution in [1.29, 1.82) is 0 Å². The molecular weight excluding hydrogens is 288 g/mol. The van der Waals surface area contributed by atoms with Gasteiger partial charge in [-0.3, -0.25) is 9.48 Å². The van der Waals surface area contributed by atoms with Crippen LogP contribution in [-0.2, 0) is 24.8 Å². The van der Waals surface area contributed by atoms with Crippen LogP contribution in [0.2, 0.25) is 0 Å². The zero-order valence-corrected chi connectivity index (χ0v) is 13.6. The molecule has 0 atom stereocenters. The number of H-pyrrole nitrogens is 1. The molecule has 5 nitrogen and oxygen atoms in total. The lowest BCUT2D eigenvalue weighted by Crippen LogP contribution is -2.27. The fraction of sp³-hybridized carbons (Fsp3) is 0.333. The number of benzene rings is 1. The van der Waals surface area contributed by atoms with Crippen LogP contribution in [0.4, 0.5) is 0 Å². The van der Waals surface area contributed by atoms with Gasteiger partial charge in [0.25, 0.3) is 0 Å². The number of nitrogens with zero attached hydrogens (tertiary/aromatic N) is 3. The summed E-state index contributed by atoms with van der Waals surface area (Å²) in [5, 5.41) is 5.38. The first-order valence-corrected chi connectivity index (χ1v) is 7.91. The van der Waals surface area contributed by atoms with E-state index in [-0.39, 0.29) is 5.91 Å². The summed E-state index contributed by atoms with van der Waals surface area (Å²) in [5.41, 5.74) is 3.47. The van der Waals surface area contributed by atoms with E-state index >= 15 is 0 Å². The zero-order valence-electron chi connectivity index (χ0n) is 13.6. The molecule has 0 aliphatic carbocycles. The number of carbonyl (C=O) groups is 1. The maximum atomic E-state index is 12.3. The van der Waals surface area contributed by atoms with E-state index < -0.39 is 0 Å². The molecule has 0 saturated heterocycles. The molecule has 5 heteroatoms. The highest BCUT2D eigenvalue weighted by Gasteiger charge is 2.11. The molecule has 0 fully saturated rings.